The summed E-state index contributed by atoms with van der Waals surface area (Å²) in [7, 11) is 0. The molecular formula is C23H31N5. The first-order valence-electron chi connectivity index (χ1n) is 11.1. The van der Waals surface area contributed by atoms with E-state index in [1.54, 1.807) is 0 Å². The van der Waals surface area contributed by atoms with Gasteiger partial charge in [0.05, 0.1) is 18.3 Å². The minimum absolute atomic E-state index is 0.408. The lowest BCUT2D eigenvalue weighted by Gasteiger charge is -2.33. The molecule has 1 aliphatic carbocycles. The second kappa shape index (κ2) is 7.78. The van der Waals surface area contributed by atoms with Crippen molar-refractivity contribution < 1.29 is 0 Å². The van der Waals surface area contributed by atoms with Gasteiger partial charge in [-0.05, 0) is 64.1 Å². The average Bonchev–Trinajstić information content (AvgIpc) is 3.41. The molecule has 0 aromatic carbocycles. The van der Waals surface area contributed by atoms with Crippen LogP contribution in [0.3, 0.4) is 0 Å². The van der Waals surface area contributed by atoms with Crippen LogP contribution in [0.15, 0.2) is 24.4 Å². The second-order valence-electron chi connectivity index (χ2n) is 8.65. The van der Waals surface area contributed by atoms with Crippen LogP contribution in [0.4, 0.5) is 5.82 Å². The predicted octanol–water partition coefficient (Wildman–Crippen LogP) is 4.21. The Balaban J connectivity index is 1.46. The molecule has 1 saturated carbocycles. The molecule has 1 atom stereocenters. The van der Waals surface area contributed by atoms with Crippen molar-refractivity contribution in [3.8, 4) is 0 Å². The molecule has 1 saturated heterocycles. The van der Waals surface area contributed by atoms with Crippen molar-refractivity contribution >= 4 is 5.82 Å². The van der Waals surface area contributed by atoms with E-state index in [1.807, 2.05) is 12.3 Å². The lowest BCUT2D eigenvalue weighted by molar-refractivity contribution is 0.176. The van der Waals surface area contributed by atoms with Crippen LogP contribution in [0.1, 0.15) is 73.8 Å². The molecule has 0 amide bonds. The van der Waals surface area contributed by atoms with E-state index in [1.165, 1.54) is 62.7 Å². The van der Waals surface area contributed by atoms with Gasteiger partial charge < -0.3 is 4.90 Å². The number of likely N-dealkylation sites (tertiary alicyclic amines) is 1. The summed E-state index contributed by atoms with van der Waals surface area (Å²) in [6.07, 6.45) is 12.1. The standard InChI is InChI=1S/C23H31N5/c1-17-20-11-6-14-27(16-18-8-4-5-13-24-18)23(20)26-22(25-17)21-12-7-15-28(21)19-9-2-3-10-19/h4-5,8,13,19,21H,2-3,6-7,9-12,14-16H2,1H3/t21-/m1/s1. The first kappa shape index (κ1) is 18.0. The number of aromatic nitrogens is 3. The van der Waals surface area contributed by atoms with E-state index in [0.717, 1.165) is 42.9 Å². The number of pyridine rings is 1. The fourth-order valence-electron chi connectivity index (χ4n) is 5.44. The van der Waals surface area contributed by atoms with Crippen molar-refractivity contribution in [1.29, 1.82) is 0 Å². The first-order chi connectivity index (χ1) is 13.8. The maximum absolute atomic E-state index is 5.20. The third-order valence-corrected chi connectivity index (χ3v) is 6.83. The average molecular weight is 378 g/mol. The largest absolute Gasteiger partial charge is 0.350 e. The van der Waals surface area contributed by atoms with Gasteiger partial charge in [-0.25, -0.2) is 9.97 Å². The summed E-state index contributed by atoms with van der Waals surface area (Å²) >= 11 is 0. The van der Waals surface area contributed by atoms with Crippen LogP contribution in [-0.2, 0) is 13.0 Å². The van der Waals surface area contributed by atoms with Gasteiger partial charge in [0.25, 0.3) is 0 Å². The number of hydrogen-bond donors (Lipinski definition) is 0. The van der Waals surface area contributed by atoms with E-state index in [-0.39, 0.29) is 0 Å². The Morgan fingerprint density at radius 1 is 1.00 bits per heavy atom. The van der Waals surface area contributed by atoms with Gasteiger partial charge in [-0.15, -0.1) is 0 Å². The first-order valence-corrected chi connectivity index (χ1v) is 11.1. The highest BCUT2D eigenvalue weighted by atomic mass is 15.3. The Morgan fingerprint density at radius 2 is 1.89 bits per heavy atom. The van der Waals surface area contributed by atoms with Gasteiger partial charge in [-0.3, -0.25) is 9.88 Å². The van der Waals surface area contributed by atoms with Crippen LogP contribution in [0, 0.1) is 6.92 Å². The van der Waals surface area contributed by atoms with E-state index in [9.17, 15) is 0 Å². The lowest BCUT2D eigenvalue weighted by Crippen LogP contribution is -2.35. The topological polar surface area (TPSA) is 45.2 Å². The summed E-state index contributed by atoms with van der Waals surface area (Å²) in [5, 5.41) is 0. The predicted molar refractivity (Wildman–Crippen MR) is 111 cm³/mol. The molecule has 3 aliphatic rings. The summed E-state index contributed by atoms with van der Waals surface area (Å²) in [6, 6.07) is 7.32. The molecule has 2 aliphatic heterocycles. The van der Waals surface area contributed by atoms with E-state index >= 15 is 0 Å². The molecule has 148 valence electrons. The third-order valence-electron chi connectivity index (χ3n) is 6.83. The minimum atomic E-state index is 0.408. The van der Waals surface area contributed by atoms with Crippen LogP contribution >= 0.6 is 0 Å². The Morgan fingerprint density at radius 3 is 2.71 bits per heavy atom. The maximum Gasteiger partial charge on any atom is 0.148 e. The highest BCUT2D eigenvalue weighted by Crippen LogP contribution is 2.38. The molecule has 2 aromatic heterocycles. The number of anilines is 1. The summed E-state index contributed by atoms with van der Waals surface area (Å²) in [4.78, 5) is 19.9. The number of fused-ring (bicyclic) bond motifs is 1. The summed E-state index contributed by atoms with van der Waals surface area (Å²) in [5.74, 6) is 2.23. The molecule has 4 heterocycles. The fraction of sp³-hybridized carbons (Fsp3) is 0.609. The number of hydrogen-bond acceptors (Lipinski definition) is 5. The van der Waals surface area contributed by atoms with Crippen LogP contribution in [0.25, 0.3) is 0 Å². The lowest BCUT2D eigenvalue weighted by atomic mass is 10.0. The van der Waals surface area contributed by atoms with Crippen LogP contribution in [-0.4, -0.2) is 39.0 Å². The van der Waals surface area contributed by atoms with E-state index in [2.05, 4.69) is 33.8 Å². The monoisotopic (exact) mass is 377 g/mol. The van der Waals surface area contributed by atoms with Gasteiger partial charge in [0.1, 0.15) is 11.6 Å². The normalized spacial score (nSPS) is 23.3. The smallest absolute Gasteiger partial charge is 0.148 e. The molecule has 5 heteroatoms. The molecule has 2 fully saturated rings. The van der Waals surface area contributed by atoms with Gasteiger partial charge >= 0.3 is 0 Å². The zero-order valence-corrected chi connectivity index (χ0v) is 17.0. The molecule has 0 spiro atoms. The molecule has 5 rings (SSSR count). The van der Waals surface area contributed by atoms with Crippen molar-refractivity contribution in [3.63, 3.8) is 0 Å². The molecule has 0 bridgehead atoms. The van der Waals surface area contributed by atoms with Crippen molar-refractivity contribution in [2.75, 3.05) is 18.0 Å². The Bertz CT molecular complexity index is 815. The van der Waals surface area contributed by atoms with Crippen molar-refractivity contribution in [2.24, 2.45) is 0 Å². The summed E-state index contributed by atoms with van der Waals surface area (Å²) in [5.41, 5.74) is 3.64. The second-order valence-corrected chi connectivity index (χ2v) is 8.65. The highest BCUT2D eigenvalue weighted by molar-refractivity contribution is 5.51. The van der Waals surface area contributed by atoms with Crippen LogP contribution in [0.5, 0.6) is 0 Å². The minimum Gasteiger partial charge on any atom is -0.350 e. The van der Waals surface area contributed by atoms with E-state index in [4.69, 9.17) is 9.97 Å². The van der Waals surface area contributed by atoms with E-state index < -0.39 is 0 Å². The van der Waals surface area contributed by atoms with E-state index in [0.29, 0.717) is 6.04 Å². The van der Waals surface area contributed by atoms with Crippen molar-refractivity contribution in [2.45, 2.75) is 76.9 Å². The zero-order chi connectivity index (χ0) is 18.9. The van der Waals surface area contributed by atoms with Gasteiger partial charge in [0.2, 0.25) is 0 Å². The maximum atomic E-state index is 5.20. The summed E-state index contributed by atoms with van der Waals surface area (Å²) < 4.78 is 0. The Hall–Kier alpha value is -2.01. The third kappa shape index (κ3) is 3.41. The molecule has 0 radical (unpaired) electrons. The van der Waals surface area contributed by atoms with Crippen molar-refractivity contribution in [1.82, 2.24) is 19.9 Å². The van der Waals surface area contributed by atoms with Gasteiger partial charge in [0, 0.05) is 30.0 Å². The highest BCUT2D eigenvalue weighted by Gasteiger charge is 2.36. The van der Waals surface area contributed by atoms with Gasteiger partial charge in [-0.1, -0.05) is 18.9 Å². The van der Waals surface area contributed by atoms with Crippen LogP contribution in [0.2, 0.25) is 0 Å². The number of rotatable bonds is 4. The molecule has 5 nitrogen and oxygen atoms in total. The van der Waals surface area contributed by atoms with Gasteiger partial charge in [-0.2, -0.15) is 0 Å². The fourth-order valence-corrected chi connectivity index (χ4v) is 5.44. The number of aryl methyl sites for hydroxylation is 1. The number of nitrogens with zero attached hydrogens (tertiary/aromatic N) is 5. The molecule has 28 heavy (non-hydrogen) atoms. The molecule has 2 aromatic rings. The molecular weight excluding hydrogens is 346 g/mol. The quantitative estimate of drug-likeness (QED) is 0.798. The molecule has 0 unspecified atom stereocenters. The SMILES string of the molecule is Cc1nc([C@H]2CCCN2C2CCCC2)nc2c1CCCN2Cc1ccccn1. The molecule has 0 N–H and O–H groups in total. The van der Waals surface area contributed by atoms with Gasteiger partial charge in [0.15, 0.2) is 0 Å². The Kier molecular flexibility index (Phi) is 5.02. The Labute approximate surface area is 168 Å². The summed E-state index contributed by atoms with van der Waals surface area (Å²) in [6.45, 7) is 5.28. The van der Waals surface area contributed by atoms with Crippen molar-refractivity contribution in [3.05, 3.63) is 47.2 Å². The van der Waals surface area contributed by atoms with Crippen LogP contribution < -0.4 is 4.90 Å². The zero-order valence-electron chi connectivity index (χ0n) is 17.0.